The van der Waals surface area contributed by atoms with Crippen molar-refractivity contribution in [1.29, 1.82) is 0 Å². The normalized spacial score (nSPS) is 15.4. The number of likely N-dealkylation sites (tertiary alicyclic amines) is 1. The molecular weight excluding hydrogens is 266 g/mol. The zero-order chi connectivity index (χ0) is 15.1. The van der Waals surface area contributed by atoms with Gasteiger partial charge in [-0.15, -0.1) is 0 Å². The predicted octanol–water partition coefficient (Wildman–Crippen LogP) is 1.03. The molecule has 5 heteroatoms. The van der Waals surface area contributed by atoms with E-state index in [9.17, 15) is 4.79 Å². The van der Waals surface area contributed by atoms with E-state index in [1.807, 2.05) is 11.8 Å². The summed E-state index contributed by atoms with van der Waals surface area (Å²) >= 11 is 0. The van der Waals surface area contributed by atoms with Crippen LogP contribution >= 0.6 is 0 Å². The van der Waals surface area contributed by atoms with Gasteiger partial charge >= 0.3 is 0 Å². The smallest absolute Gasteiger partial charge is 0.273 e. The molecule has 1 aromatic heterocycles. The molecule has 0 bridgehead atoms. The Hall–Kier alpha value is -1.90. The van der Waals surface area contributed by atoms with Crippen LogP contribution < -0.4 is 5.73 Å². The van der Waals surface area contributed by atoms with E-state index in [4.69, 9.17) is 10.5 Å². The number of nitrogens with zero attached hydrogens (tertiary/aromatic N) is 2. The standard InChI is InChI=1S/C16H21N3O2/c1-2-21-14-7-11-19(12-8-14)16(20)15-13(5-3-9-17)6-4-10-18-15/h4,6,10,14H,2,7-9,11-12,17H2,1H3. The van der Waals surface area contributed by atoms with Gasteiger partial charge in [-0.1, -0.05) is 11.8 Å². The lowest BCUT2D eigenvalue weighted by Crippen LogP contribution is -2.41. The Balaban J connectivity index is 2.07. The van der Waals surface area contributed by atoms with E-state index < -0.39 is 0 Å². The number of ether oxygens (including phenoxy) is 1. The molecule has 1 saturated heterocycles. The van der Waals surface area contributed by atoms with Crippen molar-refractivity contribution in [3.05, 3.63) is 29.6 Å². The first-order valence-electron chi connectivity index (χ1n) is 7.31. The lowest BCUT2D eigenvalue weighted by Gasteiger charge is -2.31. The molecule has 1 aliphatic rings. The summed E-state index contributed by atoms with van der Waals surface area (Å²) in [6.45, 7) is 4.38. The lowest BCUT2D eigenvalue weighted by atomic mass is 10.1. The summed E-state index contributed by atoms with van der Waals surface area (Å²) in [6.07, 6.45) is 3.62. The lowest BCUT2D eigenvalue weighted by molar-refractivity contribution is 0.0144. The fraction of sp³-hybridized carbons (Fsp3) is 0.500. The van der Waals surface area contributed by atoms with E-state index >= 15 is 0 Å². The van der Waals surface area contributed by atoms with Gasteiger partial charge in [-0.05, 0) is 31.9 Å². The number of hydrogen-bond acceptors (Lipinski definition) is 4. The Morgan fingerprint density at radius 2 is 2.29 bits per heavy atom. The van der Waals surface area contributed by atoms with Gasteiger partial charge in [0.25, 0.3) is 5.91 Å². The van der Waals surface area contributed by atoms with Crippen LogP contribution in [0.3, 0.4) is 0 Å². The Kier molecular flexibility index (Phi) is 5.73. The summed E-state index contributed by atoms with van der Waals surface area (Å²) < 4.78 is 5.60. The number of carbonyl (C=O) groups excluding carboxylic acids is 1. The molecule has 0 aliphatic carbocycles. The number of pyridine rings is 1. The molecule has 112 valence electrons. The third-order valence-electron chi connectivity index (χ3n) is 3.47. The highest BCUT2D eigenvalue weighted by Crippen LogP contribution is 2.16. The summed E-state index contributed by atoms with van der Waals surface area (Å²) in [5.74, 6) is 5.62. The van der Waals surface area contributed by atoms with Gasteiger partial charge in [0.15, 0.2) is 0 Å². The van der Waals surface area contributed by atoms with Crippen molar-refractivity contribution >= 4 is 5.91 Å². The fourth-order valence-corrected chi connectivity index (χ4v) is 2.43. The van der Waals surface area contributed by atoms with Gasteiger partial charge in [-0.2, -0.15) is 0 Å². The highest BCUT2D eigenvalue weighted by Gasteiger charge is 2.25. The fourth-order valence-electron chi connectivity index (χ4n) is 2.43. The van der Waals surface area contributed by atoms with Crippen LogP contribution in [0.2, 0.25) is 0 Å². The second kappa shape index (κ2) is 7.77. The van der Waals surface area contributed by atoms with Crippen LogP contribution in [0.15, 0.2) is 18.3 Å². The topological polar surface area (TPSA) is 68.5 Å². The van der Waals surface area contributed by atoms with E-state index in [-0.39, 0.29) is 18.6 Å². The minimum Gasteiger partial charge on any atom is -0.378 e. The molecule has 1 amide bonds. The van der Waals surface area contributed by atoms with Crippen LogP contribution in [0.5, 0.6) is 0 Å². The summed E-state index contributed by atoms with van der Waals surface area (Å²) in [5, 5.41) is 0. The van der Waals surface area contributed by atoms with Gasteiger partial charge in [0.05, 0.1) is 18.2 Å². The van der Waals surface area contributed by atoms with Crippen LogP contribution in [0.1, 0.15) is 35.8 Å². The maximum Gasteiger partial charge on any atom is 0.273 e. The van der Waals surface area contributed by atoms with Crippen LogP contribution in [-0.2, 0) is 4.74 Å². The molecule has 0 saturated carbocycles. The Morgan fingerprint density at radius 3 is 2.95 bits per heavy atom. The molecule has 2 rings (SSSR count). The largest absolute Gasteiger partial charge is 0.378 e. The van der Waals surface area contributed by atoms with Gasteiger partial charge in [0.1, 0.15) is 5.69 Å². The van der Waals surface area contributed by atoms with E-state index in [1.54, 1.807) is 18.3 Å². The number of hydrogen-bond donors (Lipinski definition) is 1. The molecule has 0 radical (unpaired) electrons. The van der Waals surface area contributed by atoms with Crippen molar-refractivity contribution in [3.8, 4) is 11.8 Å². The number of carbonyl (C=O) groups is 1. The number of piperidine rings is 1. The zero-order valence-electron chi connectivity index (χ0n) is 12.3. The SMILES string of the molecule is CCOC1CCN(C(=O)c2ncccc2C#CCN)CC1. The molecule has 0 atom stereocenters. The van der Waals surface area contributed by atoms with Crippen molar-refractivity contribution in [1.82, 2.24) is 9.88 Å². The Labute approximate surface area is 125 Å². The van der Waals surface area contributed by atoms with Crippen LogP contribution in [0.4, 0.5) is 0 Å². The average molecular weight is 287 g/mol. The average Bonchev–Trinajstić information content (AvgIpc) is 2.53. The molecule has 1 aromatic rings. The maximum absolute atomic E-state index is 12.6. The van der Waals surface area contributed by atoms with Crippen molar-refractivity contribution in [2.75, 3.05) is 26.2 Å². The quantitative estimate of drug-likeness (QED) is 0.843. The summed E-state index contributed by atoms with van der Waals surface area (Å²) in [5.41, 5.74) is 6.44. The summed E-state index contributed by atoms with van der Waals surface area (Å²) in [6, 6.07) is 3.58. The third-order valence-corrected chi connectivity index (χ3v) is 3.47. The predicted molar refractivity (Wildman–Crippen MR) is 80.7 cm³/mol. The van der Waals surface area contributed by atoms with Crippen LogP contribution in [0.25, 0.3) is 0 Å². The third kappa shape index (κ3) is 4.03. The van der Waals surface area contributed by atoms with E-state index in [0.29, 0.717) is 24.3 Å². The Morgan fingerprint density at radius 1 is 1.52 bits per heavy atom. The van der Waals surface area contributed by atoms with Crippen molar-refractivity contribution < 1.29 is 9.53 Å². The molecule has 0 unspecified atom stereocenters. The maximum atomic E-state index is 12.6. The molecule has 0 spiro atoms. The molecule has 1 aliphatic heterocycles. The second-order valence-electron chi connectivity index (χ2n) is 4.85. The van der Waals surface area contributed by atoms with Gasteiger partial charge in [-0.3, -0.25) is 4.79 Å². The number of aromatic nitrogens is 1. The number of amides is 1. The molecular formula is C16H21N3O2. The van der Waals surface area contributed by atoms with Crippen molar-refractivity contribution in [2.45, 2.75) is 25.9 Å². The van der Waals surface area contributed by atoms with E-state index in [1.165, 1.54) is 0 Å². The first-order chi connectivity index (χ1) is 10.3. The number of nitrogens with two attached hydrogens (primary N) is 1. The molecule has 2 heterocycles. The minimum atomic E-state index is -0.0631. The van der Waals surface area contributed by atoms with Crippen molar-refractivity contribution in [3.63, 3.8) is 0 Å². The highest BCUT2D eigenvalue weighted by atomic mass is 16.5. The molecule has 5 nitrogen and oxygen atoms in total. The summed E-state index contributed by atoms with van der Waals surface area (Å²) in [7, 11) is 0. The number of rotatable bonds is 3. The minimum absolute atomic E-state index is 0.0631. The summed E-state index contributed by atoms with van der Waals surface area (Å²) in [4.78, 5) is 18.6. The van der Waals surface area contributed by atoms with Crippen LogP contribution in [0, 0.1) is 11.8 Å². The van der Waals surface area contributed by atoms with Gasteiger partial charge in [0, 0.05) is 25.9 Å². The monoisotopic (exact) mass is 287 g/mol. The second-order valence-corrected chi connectivity index (χ2v) is 4.85. The van der Waals surface area contributed by atoms with Gasteiger partial charge in [0.2, 0.25) is 0 Å². The van der Waals surface area contributed by atoms with Gasteiger partial charge in [-0.25, -0.2) is 4.98 Å². The Bertz CT molecular complexity index is 540. The van der Waals surface area contributed by atoms with Gasteiger partial charge < -0.3 is 15.4 Å². The zero-order valence-corrected chi connectivity index (χ0v) is 12.3. The first kappa shape index (κ1) is 15.5. The van der Waals surface area contributed by atoms with Crippen LogP contribution in [-0.4, -0.2) is 48.1 Å². The van der Waals surface area contributed by atoms with E-state index in [0.717, 1.165) is 19.4 Å². The molecule has 21 heavy (non-hydrogen) atoms. The highest BCUT2D eigenvalue weighted by molar-refractivity contribution is 5.94. The van der Waals surface area contributed by atoms with Crippen molar-refractivity contribution in [2.24, 2.45) is 5.73 Å². The molecule has 2 N–H and O–H groups in total. The first-order valence-corrected chi connectivity index (χ1v) is 7.31. The molecule has 1 fully saturated rings. The van der Waals surface area contributed by atoms with E-state index in [2.05, 4.69) is 16.8 Å². The molecule has 0 aromatic carbocycles.